The molecule has 2 rings (SSSR count). The average Bonchev–Trinajstić information content (AvgIpc) is 2.58. The van der Waals surface area contributed by atoms with Gasteiger partial charge >= 0.3 is 0 Å². The van der Waals surface area contributed by atoms with Crippen molar-refractivity contribution in [1.29, 1.82) is 0 Å². The summed E-state index contributed by atoms with van der Waals surface area (Å²) in [6.07, 6.45) is 0.780. The lowest BCUT2D eigenvalue weighted by molar-refractivity contribution is -0.122. The number of methoxy groups -OCH3 is 1. The predicted molar refractivity (Wildman–Crippen MR) is 103 cm³/mol. The Morgan fingerprint density at radius 1 is 1.16 bits per heavy atom. The molecule has 0 saturated heterocycles. The molecular weight excluding hydrogens is 359 g/mol. The molecule has 0 aliphatic rings. The van der Waals surface area contributed by atoms with Crippen molar-refractivity contribution in [3.63, 3.8) is 0 Å². The molecular formula is C19H22Cl2N2O2. The summed E-state index contributed by atoms with van der Waals surface area (Å²) in [5.41, 5.74) is 2.10. The average molecular weight is 381 g/mol. The standard InChI is InChI=1S/C19H22Cl2N2O2/c1-23(12-15-5-6-16(20)11-18(15)21)13-19(24)22-10-9-14-3-7-17(25-2)8-4-14/h3-8,11H,9-10,12-13H2,1-2H3,(H,22,24). The first-order chi connectivity index (χ1) is 12.0. The van der Waals surface area contributed by atoms with E-state index in [9.17, 15) is 4.79 Å². The van der Waals surface area contributed by atoms with E-state index in [1.165, 1.54) is 0 Å². The normalized spacial score (nSPS) is 10.8. The van der Waals surface area contributed by atoms with Crippen molar-refractivity contribution in [2.75, 3.05) is 27.2 Å². The van der Waals surface area contributed by atoms with Crippen LogP contribution in [0.3, 0.4) is 0 Å². The largest absolute Gasteiger partial charge is 0.497 e. The molecule has 2 aromatic rings. The van der Waals surface area contributed by atoms with Crippen molar-refractivity contribution in [3.05, 3.63) is 63.6 Å². The number of carbonyl (C=O) groups is 1. The molecule has 2 aromatic carbocycles. The molecule has 0 fully saturated rings. The molecule has 6 heteroatoms. The summed E-state index contributed by atoms with van der Waals surface area (Å²) in [7, 11) is 3.52. The highest BCUT2D eigenvalue weighted by Gasteiger charge is 2.09. The number of carbonyl (C=O) groups excluding carboxylic acids is 1. The Kier molecular flexibility index (Phi) is 7.56. The fourth-order valence-electron chi connectivity index (χ4n) is 2.44. The molecule has 0 spiro atoms. The summed E-state index contributed by atoms with van der Waals surface area (Å²) in [5, 5.41) is 4.15. The molecule has 0 saturated carbocycles. The second-order valence-corrected chi connectivity index (χ2v) is 6.70. The first-order valence-electron chi connectivity index (χ1n) is 8.00. The highest BCUT2D eigenvalue weighted by molar-refractivity contribution is 6.35. The van der Waals surface area contributed by atoms with Gasteiger partial charge in [-0.05, 0) is 48.9 Å². The van der Waals surface area contributed by atoms with Crippen LogP contribution in [0.5, 0.6) is 5.75 Å². The highest BCUT2D eigenvalue weighted by atomic mass is 35.5. The Morgan fingerprint density at radius 3 is 2.52 bits per heavy atom. The van der Waals surface area contributed by atoms with E-state index in [-0.39, 0.29) is 5.91 Å². The maximum absolute atomic E-state index is 12.0. The van der Waals surface area contributed by atoms with Crippen LogP contribution < -0.4 is 10.1 Å². The van der Waals surface area contributed by atoms with Crippen LogP contribution in [0.4, 0.5) is 0 Å². The number of nitrogens with one attached hydrogen (secondary N) is 1. The lowest BCUT2D eigenvalue weighted by atomic mass is 10.1. The third-order valence-electron chi connectivity index (χ3n) is 3.76. The van der Waals surface area contributed by atoms with E-state index in [2.05, 4.69) is 5.32 Å². The zero-order valence-corrected chi connectivity index (χ0v) is 15.9. The van der Waals surface area contributed by atoms with Crippen LogP contribution in [0, 0.1) is 0 Å². The predicted octanol–water partition coefficient (Wildman–Crippen LogP) is 3.79. The second kappa shape index (κ2) is 9.66. The van der Waals surface area contributed by atoms with Crippen LogP contribution in [-0.4, -0.2) is 38.1 Å². The van der Waals surface area contributed by atoms with Crippen LogP contribution in [0.1, 0.15) is 11.1 Å². The summed E-state index contributed by atoms with van der Waals surface area (Å²) in [5.74, 6) is 0.816. The zero-order chi connectivity index (χ0) is 18.2. The summed E-state index contributed by atoms with van der Waals surface area (Å²) in [4.78, 5) is 14.0. The molecule has 0 bridgehead atoms. The van der Waals surface area contributed by atoms with Gasteiger partial charge in [-0.3, -0.25) is 9.69 Å². The number of halogens is 2. The lowest BCUT2D eigenvalue weighted by Gasteiger charge is -2.17. The monoisotopic (exact) mass is 380 g/mol. The minimum absolute atomic E-state index is 0.0129. The molecule has 0 atom stereocenters. The molecule has 25 heavy (non-hydrogen) atoms. The fourth-order valence-corrected chi connectivity index (χ4v) is 2.90. The van der Waals surface area contributed by atoms with Crippen molar-refractivity contribution >= 4 is 29.1 Å². The van der Waals surface area contributed by atoms with Crippen molar-refractivity contribution in [2.45, 2.75) is 13.0 Å². The Bertz CT molecular complexity index is 705. The van der Waals surface area contributed by atoms with Gasteiger partial charge in [0.25, 0.3) is 0 Å². The van der Waals surface area contributed by atoms with Gasteiger partial charge in [0.2, 0.25) is 5.91 Å². The number of likely N-dealkylation sites (N-methyl/N-ethyl adjacent to an activating group) is 1. The van der Waals surface area contributed by atoms with Crippen LogP contribution >= 0.6 is 23.2 Å². The van der Waals surface area contributed by atoms with Crippen LogP contribution in [0.15, 0.2) is 42.5 Å². The van der Waals surface area contributed by atoms with Gasteiger partial charge in [-0.15, -0.1) is 0 Å². The van der Waals surface area contributed by atoms with Gasteiger partial charge in [-0.1, -0.05) is 41.4 Å². The highest BCUT2D eigenvalue weighted by Crippen LogP contribution is 2.21. The molecule has 4 nitrogen and oxygen atoms in total. The summed E-state index contributed by atoms with van der Waals surface area (Å²) in [6.45, 7) is 1.49. The van der Waals surface area contributed by atoms with Crippen LogP contribution in [0.25, 0.3) is 0 Å². The van der Waals surface area contributed by atoms with Crippen molar-refractivity contribution in [2.24, 2.45) is 0 Å². The SMILES string of the molecule is COc1ccc(CCNC(=O)CN(C)Cc2ccc(Cl)cc2Cl)cc1. The maximum Gasteiger partial charge on any atom is 0.234 e. The van der Waals surface area contributed by atoms with E-state index >= 15 is 0 Å². The maximum atomic E-state index is 12.0. The Labute approximate surface area is 158 Å². The molecule has 0 aliphatic heterocycles. The van der Waals surface area contributed by atoms with E-state index in [0.717, 1.165) is 23.3 Å². The van der Waals surface area contributed by atoms with E-state index in [0.29, 0.717) is 29.7 Å². The number of nitrogens with zero attached hydrogens (tertiary/aromatic N) is 1. The number of amides is 1. The molecule has 134 valence electrons. The van der Waals surface area contributed by atoms with Gasteiger partial charge in [0.15, 0.2) is 0 Å². The fraction of sp³-hybridized carbons (Fsp3) is 0.316. The van der Waals surface area contributed by atoms with Crippen LogP contribution in [0.2, 0.25) is 10.0 Å². The number of rotatable bonds is 8. The molecule has 0 unspecified atom stereocenters. The topological polar surface area (TPSA) is 41.6 Å². The zero-order valence-electron chi connectivity index (χ0n) is 14.4. The summed E-state index contributed by atoms with van der Waals surface area (Å²) >= 11 is 12.1. The van der Waals surface area contributed by atoms with Gasteiger partial charge in [-0.2, -0.15) is 0 Å². The smallest absolute Gasteiger partial charge is 0.234 e. The minimum Gasteiger partial charge on any atom is -0.497 e. The van der Waals surface area contributed by atoms with Gasteiger partial charge in [0.05, 0.1) is 13.7 Å². The number of hydrogen-bond acceptors (Lipinski definition) is 3. The summed E-state index contributed by atoms with van der Waals surface area (Å²) in [6, 6.07) is 13.2. The van der Waals surface area contributed by atoms with Crippen molar-refractivity contribution in [1.82, 2.24) is 10.2 Å². The van der Waals surface area contributed by atoms with E-state index in [1.54, 1.807) is 19.2 Å². The molecule has 0 aliphatic carbocycles. The summed E-state index contributed by atoms with van der Waals surface area (Å²) < 4.78 is 5.13. The van der Waals surface area contributed by atoms with Crippen molar-refractivity contribution < 1.29 is 9.53 Å². The Morgan fingerprint density at radius 2 is 1.88 bits per heavy atom. The first kappa shape index (κ1) is 19.6. The number of ether oxygens (including phenoxy) is 1. The third kappa shape index (κ3) is 6.58. The van der Waals surface area contributed by atoms with E-state index in [4.69, 9.17) is 27.9 Å². The number of hydrogen-bond donors (Lipinski definition) is 1. The molecule has 0 heterocycles. The van der Waals surface area contributed by atoms with E-state index < -0.39 is 0 Å². The van der Waals surface area contributed by atoms with Crippen LogP contribution in [-0.2, 0) is 17.8 Å². The van der Waals surface area contributed by atoms with Gasteiger partial charge in [0, 0.05) is 23.1 Å². The van der Waals surface area contributed by atoms with Gasteiger partial charge < -0.3 is 10.1 Å². The molecule has 1 amide bonds. The van der Waals surface area contributed by atoms with Crippen molar-refractivity contribution in [3.8, 4) is 5.75 Å². The van der Waals surface area contributed by atoms with Gasteiger partial charge in [0.1, 0.15) is 5.75 Å². The second-order valence-electron chi connectivity index (χ2n) is 5.86. The Hall–Kier alpha value is -1.75. The van der Waals surface area contributed by atoms with Gasteiger partial charge in [-0.25, -0.2) is 0 Å². The minimum atomic E-state index is -0.0129. The lowest BCUT2D eigenvalue weighted by Crippen LogP contribution is -2.35. The molecule has 0 radical (unpaired) electrons. The number of benzene rings is 2. The Balaban J connectivity index is 1.73. The quantitative estimate of drug-likeness (QED) is 0.757. The first-order valence-corrected chi connectivity index (χ1v) is 8.75. The third-order valence-corrected chi connectivity index (χ3v) is 4.35. The van der Waals surface area contributed by atoms with E-state index in [1.807, 2.05) is 42.3 Å². The molecule has 1 N–H and O–H groups in total. The molecule has 0 aromatic heterocycles.